The van der Waals surface area contributed by atoms with Crippen molar-refractivity contribution in [2.24, 2.45) is 0 Å². The Kier molecular flexibility index (Phi) is 5.13. The maximum absolute atomic E-state index is 12.4. The molecule has 0 aromatic carbocycles. The van der Waals surface area contributed by atoms with Gasteiger partial charge in [-0.25, -0.2) is 13.4 Å². The van der Waals surface area contributed by atoms with Crippen LogP contribution in [0.25, 0.3) is 0 Å². The van der Waals surface area contributed by atoms with E-state index in [2.05, 4.69) is 10.3 Å². The fourth-order valence-electron chi connectivity index (χ4n) is 1.98. The lowest BCUT2D eigenvalue weighted by Crippen LogP contribution is -2.51. The van der Waals surface area contributed by atoms with Gasteiger partial charge in [-0.15, -0.1) is 23.7 Å². The predicted molar refractivity (Wildman–Crippen MR) is 75.1 cm³/mol. The molecular formula is C10H18ClN3O2S2. The summed E-state index contributed by atoms with van der Waals surface area (Å²) in [5, 5.41) is 4.03. The number of sulfonamides is 1. The van der Waals surface area contributed by atoms with Crippen LogP contribution < -0.4 is 5.32 Å². The van der Waals surface area contributed by atoms with Crippen LogP contribution >= 0.6 is 23.7 Å². The molecule has 0 aliphatic carbocycles. The minimum Gasteiger partial charge on any atom is -0.312 e. The van der Waals surface area contributed by atoms with Crippen LogP contribution in [-0.2, 0) is 10.0 Å². The van der Waals surface area contributed by atoms with E-state index in [1.807, 2.05) is 13.8 Å². The minimum atomic E-state index is -3.36. The molecule has 5 nitrogen and oxygen atoms in total. The molecule has 2 rings (SSSR count). The van der Waals surface area contributed by atoms with Crippen molar-refractivity contribution >= 4 is 33.8 Å². The first-order valence-corrected chi connectivity index (χ1v) is 7.84. The molecule has 0 spiro atoms. The highest BCUT2D eigenvalue weighted by atomic mass is 35.5. The summed E-state index contributed by atoms with van der Waals surface area (Å²) in [6, 6.07) is 0.202. The van der Waals surface area contributed by atoms with E-state index in [1.54, 1.807) is 11.2 Å². The molecule has 18 heavy (non-hydrogen) atoms. The zero-order valence-electron chi connectivity index (χ0n) is 10.6. The summed E-state index contributed by atoms with van der Waals surface area (Å²) in [5.41, 5.74) is 0.610. The van der Waals surface area contributed by atoms with Gasteiger partial charge in [0.25, 0.3) is 10.0 Å². The van der Waals surface area contributed by atoms with Crippen molar-refractivity contribution in [1.82, 2.24) is 14.6 Å². The number of aromatic nitrogens is 1. The average Bonchev–Trinajstić information content (AvgIpc) is 2.58. The van der Waals surface area contributed by atoms with Crippen molar-refractivity contribution < 1.29 is 8.42 Å². The van der Waals surface area contributed by atoms with Gasteiger partial charge in [0.2, 0.25) is 0 Å². The third-order valence-electron chi connectivity index (χ3n) is 2.77. The van der Waals surface area contributed by atoms with E-state index in [0.29, 0.717) is 29.5 Å². The van der Waals surface area contributed by atoms with Crippen LogP contribution in [0.2, 0.25) is 0 Å². The fraction of sp³-hybridized carbons (Fsp3) is 0.700. The van der Waals surface area contributed by atoms with Crippen molar-refractivity contribution in [2.75, 3.05) is 19.6 Å². The Balaban J connectivity index is 0.00000162. The van der Waals surface area contributed by atoms with Gasteiger partial charge in [0.15, 0.2) is 4.21 Å². The van der Waals surface area contributed by atoms with Gasteiger partial charge >= 0.3 is 0 Å². The number of hydrogen-bond donors (Lipinski definition) is 1. The standard InChI is InChI=1S/C10H17N3O2S2.ClH/c1-7-6-13(5-4-11-7)17(14,15)10-8(2)12-9(3)16-10;/h7,11H,4-6H2,1-3H3;1H. The molecule has 2 heterocycles. The van der Waals surface area contributed by atoms with Crippen LogP contribution in [0.15, 0.2) is 4.21 Å². The lowest BCUT2D eigenvalue weighted by molar-refractivity contribution is 0.310. The number of hydrogen-bond acceptors (Lipinski definition) is 5. The van der Waals surface area contributed by atoms with E-state index in [-0.39, 0.29) is 18.4 Å². The molecule has 1 aliphatic heterocycles. The number of thiazole rings is 1. The van der Waals surface area contributed by atoms with Crippen molar-refractivity contribution in [1.29, 1.82) is 0 Å². The van der Waals surface area contributed by atoms with Crippen LogP contribution in [0.1, 0.15) is 17.6 Å². The van der Waals surface area contributed by atoms with Gasteiger partial charge in [-0.2, -0.15) is 4.31 Å². The highest BCUT2D eigenvalue weighted by molar-refractivity contribution is 7.91. The van der Waals surface area contributed by atoms with Gasteiger partial charge in [-0.3, -0.25) is 0 Å². The molecule has 1 aliphatic rings. The normalized spacial score (nSPS) is 21.6. The molecule has 0 bridgehead atoms. The molecule has 0 amide bonds. The van der Waals surface area contributed by atoms with Crippen LogP contribution in [0.5, 0.6) is 0 Å². The van der Waals surface area contributed by atoms with E-state index in [1.165, 1.54) is 11.3 Å². The molecule has 1 aromatic heterocycles. The number of halogens is 1. The van der Waals surface area contributed by atoms with Crippen LogP contribution in [-0.4, -0.2) is 43.4 Å². The Hall–Kier alpha value is -0.210. The quantitative estimate of drug-likeness (QED) is 0.890. The van der Waals surface area contributed by atoms with Gasteiger partial charge in [0, 0.05) is 25.7 Å². The maximum atomic E-state index is 12.4. The number of rotatable bonds is 2. The SMILES string of the molecule is Cc1nc(C)c(S(=O)(=O)N2CCNC(C)C2)s1.Cl. The Morgan fingerprint density at radius 2 is 2.11 bits per heavy atom. The summed E-state index contributed by atoms with van der Waals surface area (Å²) >= 11 is 1.26. The van der Waals surface area contributed by atoms with Gasteiger partial charge in [0.1, 0.15) is 0 Å². The Morgan fingerprint density at radius 1 is 1.44 bits per heavy atom. The predicted octanol–water partition coefficient (Wildman–Crippen LogP) is 1.16. The summed E-state index contributed by atoms with van der Waals surface area (Å²) in [5.74, 6) is 0. The molecule has 1 fully saturated rings. The fourth-order valence-corrected chi connectivity index (χ4v) is 5.13. The Morgan fingerprint density at radius 3 is 2.61 bits per heavy atom. The van der Waals surface area contributed by atoms with Gasteiger partial charge in [-0.1, -0.05) is 0 Å². The molecular weight excluding hydrogens is 294 g/mol. The smallest absolute Gasteiger partial charge is 0.254 e. The highest BCUT2D eigenvalue weighted by Gasteiger charge is 2.31. The van der Waals surface area contributed by atoms with Crippen molar-refractivity contribution in [3.63, 3.8) is 0 Å². The summed E-state index contributed by atoms with van der Waals surface area (Å²) in [6.45, 7) is 7.34. The molecule has 1 aromatic rings. The summed E-state index contributed by atoms with van der Waals surface area (Å²) in [6.07, 6.45) is 0. The zero-order valence-corrected chi connectivity index (χ0v) is 13.1. The second kappa shape index (κ2) is 5.83. The molecule has 1 unspecified atom stereocenters. The highest BCUT2D eigenvalue weighted by Crippen LogP contribution is 2.26. The van der Waals surface area contributed by atoms with E-state index < -0.39 is 10.0 Å². The summed E-state index contributed by atoms with van der Waals surface area (Å²) in [4.78, 5) is 4.19. The van der Waals surface area contributed by atoms with Gasteiger partial charge in [0.05, 0.1) is 10.7 Å². The lowest BCUT2D eigenvalue weighted by atomic mass is 10.3. The first-order valence-electron chi connectivity index (χ1n) is 5.59. The lowest BCUT2D eigenvalue weighted by Gasteiger charge is -2.30. The van der Waals surface area contributed by atoms with Gasteiger partial charge < -0.3 is 5.32 Å². The molecule has 1 N–H and O–H groups in total. The molecule has 1 saturated heterocycles. The number of nitrogens with zero attached hydrogens (tertiary/aromatic N) is 2. The molecule has 1 atom stereocenters. The molecule has 0 radical (unpaired) electrons. The van der Waals surface area contributed by atoms with E-state index in [4.69, 9.17) is 0 Å². The van der Waals surface area contributed by atoms with E-state index in [0.717, 1.165) is 5.01 Å². The average molecular weight is 312 g/mol. The first-order chi connectivity index (χ1) is 7.91. The van der Waals surface area contributed by atoms with E-state index in [9.17, 15) is 8.42 Å². The van der Waals surface area contributed by atoms with E-state index >= 15 is 0 Å². The van der Waals surface area contributed by atoms with Crippen molar-refractivity contribution in [2.45, 2.75) is 31.0 Å². The minimum absolute atomic E-state index is 0. The summed E-state index contributed by atoms with van der Waals surface area (Å²) in [7, 11) is -3.36. The number of nitrogens with one attached hydrogen (secondary N) is 1. The zero-order chi connectivity index (χ0) is 12.6. The second-order valence-corrected chi connectivity index (χ2v) is 7.66. The largest absolute Gasteiger partial charge is 0.312 e. The topological polar surface area (TPSA) is 62.3 Å². The molecule has 8 heteroatoms. The van der Waals surface area contributed by atoms with Gasteiger partial charge in [-0.05, 0) is 20.8 Å². The second-order valence-electron chi connectivity index (χ2n) is 4.32. The third-order valence-corrected chi connectivity index (χ3v) is 6.29. The van der Waals surface area contributed by atoms with Crippen molar-refractivity contribution in [3.8, 4) is 0 Å². The Bertz CT molecular complexity index is 515. The van der Waals surface area contributed by atoms with Crippen molar-refractivity contribution in [3.05, 3.63) is 10.7 Å². The van der Waals surface area contributed by atoms with Crippen LogP contribution in [0.3, 0.4) is 0 Å². The number of aryl methyl sites for hydroxylation is 2. The maximum Gasteiger partial charge on any atom is 0.254 e. The number of piperazine rings is 1. The molecule has 104 valence electrons. The first kappa shape index (κ1) is 15.8. The third kappa shape index (κ3) is 3.03. The van der Waals surface area contributed by atoms with Crippen LogP contribution in [0, 0.1) is 13.8 Å². The molecule has 0 saturated carbocycles. The summed E-state index contributed by atoms with van der Waals surface area (Å²) < 4.78 is 26.8. The monoisotopic (exact) mass is 311 g/mol. The Labute approximate surface area is 118 Å². The van der Waals surface area contributed by atoms with Crippen LogP contribution in [0.4, 0.5) is 0 Å².